The molecule has 0 spiro atoms. The van der Waals surface area contributed by atoms with E-state index in [0.717, 1.165) is 36.8 Å². The summed E-state index contributed by atoms with van der Waals surface area (Å²) in [6, 6.07) is 0. The normalized spacial score (nSPS) is 23.9. The van der Waals surface area contributed by atoms with Crippen LogP contribution in [0.4, 0.5) is 5.82 Å². The first-order valence-electron chi connectivity index (χ1n) is 6.07. The van der Waals surface area contributed by atoms with Gasteiger partial charge in [0.05, 0.1) is 24.2 Å². The zero-order valence-electron chi connectivity index (χ0n) is 10.3. The SMILES string of the molecule is CCNc1cnc(CSC2CCOC2C)cn1. The Morgan fingerprint density at radius 2 is 2.35 bits per heavy atom. The second kappa shape index (κ2) is 6.21. The number of nitrogens with one attached hydrogen (secondary N) is 1. The van der Waals surface area contributed by atoms with Gasteiger partial charge in [-0.25, -0.2) is 4.98 Å². The zero-order valence-corrected chi connectivity index (χ0v) is 11.2. The molecule has 4 nitrogen and oxygen atoms in total. The molecule has 1 aliphatic heterocycles. The lowest BCUT2D eigenvalue weighted by Gasteiger charge is -2.12. The van der Waals surface area contributed by atoms with Crippen molar-refractivity contribution in [2.24, 2.45) is 0 Å². The summed E-state index contributed by atoms with van der Waals surface area (Å²) in [7, 11) is 0. The quantitative estimate of drug-likeness (QED) is 0.872. The summed E-state index contributed by atoms with van der Waals surface area (Å²) in [5, 5.41) is 3.74. The summed E-state index contributed by atoms with van der Waals surface area (Å²) in [4.78, 5) is 8.71. The van der Waals surface area contributed by atoms with E-state index in [0.29, 0.717) is 11.4 Å². The fourth-order valence-electron chi connectivity index (χ4n) is 1.83. The van der Waals surface area contributed by atoms with Gasteiger partial charge in [-0.3, -0.25) is 4.98 Å². The Labute approximate surface area is 107 Å². The molecule has 2 heterocycles. The van der Waals surface area contributed by atoms with Crippen LogP contribution in [0.25, 0.3) is 0 Å². The van der Waals surface area contributed by atoms with Gasteiger partial charge in [0.1, 0.15) is 5.82 Å². The summed E-state index contributed by atoms with van der Waals surface area (Å²) in [6.45, 7) is 5.96. The standard InChI is InChI=1S/C12H19N3OS/c1-3-13-12-7-14-10(6-15-12)8-17-11-4-5-16-9(11)2/h6-7,9,11H,3-5,8H2,1-2H3,(H,13,15). The Balaban J connectivity index is 1.82. The number of hydrogen-bond acceptors (Lipinski definition) is 5. The third-order valence-corrected chi connectivity index (χ3v) is 4.32. The van der Waals surface area contributed by atoms with Crippen LogP contribution < -0.4 is 5.32 Å². The van der Waals surface area contributed by atoms with Crippen molar-refractivity contribution in [2.45, 2.75) is 37.4 Å². The van der Waals surface area contributed by atoms with E-state index >= 15 is 0 Å². The highest BCUT2D eigenvalue weighted by Crippen LogP contribution is 2.28. The minimum Gasteiger partial charge on any atom is -0.377 e. The van der Waals surface area contributed by atoms with Crippen molar-refractivity contribution >= 4 is 17.6 Å². The molecule has 2 unspecified atom stereocenters. The third-order valence-electron chi connectivity index (χ3n) is 2.82. The van der Waals surface area contributed by atoms with Gasteiger partial charge >= 0.3 is 0 Å². The van der Waals surface area contributed by atoms with E-state index in [4.69, 9.17) is 4.74 Å². The number of aromatic nitrogens is 2. The van der Waals surface area contributed by atoms with Gasteiger partial charge in [0.15, 0.2) is 0 Å². The minimum atomic E-state index is 0.369. The maximum absolute atomic E-state index is 5.54. The first kappa shape index (κ1) is 12.6. The van der Waals surface area contributed by atoms with Crippen molar-refractivity contribution in [3.63, 3.8) is 0 Å². The molecule has 2 rings (SSSR count). The lowest BCUT2D eigenvalue weighted by molar-refractivity contribution is 0.127. The molecule has 0 bridgehead atoms. The lowest BCUT2D eigenvalue weighted by Crippen LogP contribution is -2.13. The molecule has 0 aliphatic carbocycles. The monoisotopic (exact) mass is 253 g/mol. The molecule has 2 atom stereocenters. The van der Waals surface area contributed by atoms with Gasteiger partial charge in [-0.15, -0.1) is 11.8 Å². The average Bonchev–Trinajstić information content (AvgIpc) is 2.75. The molecule has 5 heteroatoms. The Morgan fingerprint density at radius 1 is 1.47 bits per heavy atom. The van der Waals surface area contributed by atoms with E-state index in [2.05, 4.69) is 22.2 Å². The number of nitrogens with zero attached hydrogens (tertiary/aromatic N) is 2. The van der Waals surface area contributed by atoms with Crippen molar-refractivity contribution in [3.8, 4) is 0 Å². The van der Waals surface area contributed by atoms with Gasteiger partial charge in [-0.05, 0) is 20.3 Å². The molecule has 94 valence electrons. The molecule has 1 saturated heterocycles. The van der Waals surface area contributed by atoms with Gasteiger partial charge in [0, 0.05) is 24.2 Å². The van der Waals surface area contributed by atoms with Crippen LogP contribution in [0.2, 0.25) is 0 Å². The van der Waals surface area contributed by atoms with Crippen molar-refractivity contribution in [3.05, 3.63) is 18.1 Å². The molecule has 1 N–H and O–H groups in total. The Kier molecular flexibility index (Phi) is 4.62. The van der Waals surface area contributed by atoms with E-state index < -0.39 is 0 Å². The first-order chi connectivity index (χ1) is 8.29. The molecule has 1 aromatic rings. The van der Waals surface area contributed by atoms with Gasteiger partial charge in [0.2, 0.25) is 0 Å². The minimum absolute atomic E-state index is 0.369. The summed E-state index contributed by atoms with van der Waals surface area (Å²) in [5.74, 6) is 1.76. The van der Waals surface area contributed by atoms with Crippen molar-refractivity contribution in [1.82, 2.24) is 9.97 Å². The number of rotatable bonds is 5. The fourth-order valence-corrected chi connectivity index (χ4v) is 2.97. The highest BCUT2D eigenvalue weighted by atomic mass is 32.2. The Bertz CT molecular complexity index is 344. The van der Waals surface area contributed by atoms with Crippen molar-refractivity contribution < 1.29 is 4.74 Å². The third kappa shape index (κ3) is 3.57. The van der Waals surface area contributed by atoms with Crippen LogP contribution >= 0.6 is 11.8 Å². The average molecular weight is 253 g/mol. The molecule has 17 heavy (non-hydrogen) atoms. The van der Waals surface area contributed by atoms with Crippen LogP contribution in [0.15, 0.2) is 12.4 Å². The molecule has 0 saturated carbocycles. The predicted molar refractivity (Wildman–Crippen MR) is 71.3 cm³/mol. The van der Waals surface area contributed by atoms with Gasteiger partial charge in [-0.1, -0.05) is 0 Å². The second-order valence-electron chi connectivity index (χ2n) is 4.14. The lowest BCUT2D eigenvalue weighted by atomic mass is 10.3. The highest BCUT2D eigenvalue weighted by Gasteiger charge is 2.24. The van der Waals surface area contributed by atoms with E-state index in [9.17, 15) is 0 Å². The zero-order chi connectivity index (χ0) is 12.1. The largest absolute Gasteiger partial charge is 0.377 e. The van der Waals surface area contributed by atoms with E-state index in [1.54, 1.807) is 6.20 Å². The van der Waals surface area contributed by atoms with E-state index in [-0.39, 0.29) is 0 Å². The van der Waals surface area contributed by atoms with Crippen LogP contribution in [0.1, 0.15) is 26.0 Å². The van der Waals surface area contributed by atoms with E-state index in [1.165, 1.54) is 0 Å². The van der Waals surface area contributed by atoms with Crippen molar-refractivity contribution in [1.29, 1.82) is 0 Å². The Morgan fingerprint density at radius 3 is 2.94 bits per heavy atom. The van der Waals surface area contributed by atoms with Crippen LogP contribution in [-0.2, 0) is 10.5 Å². The molecule has 1 aromatic heterocycles. The fraction of sp³-hybridized carbons (Fsp3) is 0.667. The van der Waals surface area contributed by atoms with E-state index in [1.807, 2.05) is 24.9 Å². The molecule has 1 aliphatic rings. The van der Waals surface area contributed by atoms with Gasteiger partial charge < -0.3 is 10.1 Å². The van der Waals surface area contributed by atoms with Crippen LogP contribution in [0.5, 0.6) is 0 Å². The predicted octanol–water partition coefficient (Wildman–Crippen LogP) is 2.32. The second-order valence-corrected chi connectivity index (χ2v) is 5.36. The smallest absolute Gasteiger partial charge is 0.144 e. The Hall–Kier alpha value is -0.810. The number of ether oxygens (including phenoxy) is 1. The summed E-state index contributed by atoms with van der Waals surface area (Å²) in [6.07, 6.45) is 5.17. The topological polar surface area (TPSA) is 47.0 Å². The highest BCUT2D eigenvalue weighted by molar-refractivity contribution is 7.99. The molecule has 0 radical (unpaired) electrons. The van der Waals surface area contributed by atoms with Gasteiger partial charge in [-0.2, -0.15) is 0 Å². The molecule has 1 fully saturated rings. The molecule has 0 amide bonds. The molecule has 0 aromatic carbocycles. The summed E-state index contributed by atoms with van der Waals surface area (Å²) >= 11 is 1.92. The number of thioether (sulfide) groups is 1. The summed E-state index contributed by atoms with van der Waals surface area (Å²) in [5.41, 5.74) is 1.04. The van der Waals surface area contributed by atoms with Gasteiger partial charge in [0.25, 0.3) is 0 Å². The number of hydrogen-bond donors (Lipinski definition) is 1. The maximum atomic E-state index is 5.54. The maximum Gasteiger partial charge on any atom is 0.144 e. The number of anilines is 1. The van der Waals surface area contributed by atoms with Crippen LogP contribution in [0.3, 0.4) is 0 Å². The van der Waals surface area contributed by atoms with Crippen molar-refractivity contribution in [2.75, 3.05) is 18.5 Å². The van der Waals surface area contributed by atoms with Crippen LogP contribution in [-0.4, -0.2) is 34.5 Å². The molecular weight excluding hydrogens is 234 g/mol. The van der Waals surface area contributed by atoms with Crippen LogP contribution in [0, 0.1) is 0 Å². The summed E-state index contributed by atoms with van der Waals surface area (Å²) < 4.78 is 5.54. The first-order valence-corrected chi connectivity index (χ1v) is 7.12. The molecular formula is C12H19N3OS.